The van der Waals surface area contributed by atoms with Crippen molar-refractivity contribution in [2.75, 3.05) is 11.1 Å². The lowest BCUT2D eigenvalue weighted by Gasteiger charge is -2.13. The first-order valence-electron chi connectivity index (χ1n) is 9.14. The Balaban J connectivity index is 1.44. The van der Waals surface area contributed by atoms with Crippen molar-refractivity contribution in [1.82, 2.24) is 4.90 Å². The second kappa shape index (κ2) is 8.41. The van der Waals surface area contributed by atoms with Crippen molar-refractivity contribution < 1.29 is 18.8 Å². The SMILES string of the molecule is Cc1cc(C(=O)Nc2ccc(CN3C(=O)CSC3=O)cc2)sc1-c1ccc(F)cc1. The molecular formula is C22H17FN2O3S2. The third kappa shape index (κ3) is 4.29. The van der Waals surface area contributed by atoms with E-state index < -0.39 is 0 Å². The molecule has 1 aliphatic rings. The fourth-order valence-corrected chi connectivity index (χ4v) is 4.88. The average Bonchev–Trinajstić information content (AvgIpc) is 3.27. The summed E-state index contributed by atoms with van der Waals surface area (Å²) in [5.74, 6) is -0.530. The molecule has 3 aromatic rings. The van der Waals surface area contributed by atoms with Gasteiger partial charge in [-0.2, -0.15) is 0 Å². The number of amides is 3. The Morgan fingerprint density at radius 2 is 1.80 bits per heavy atom. The third-order valence-electron chi connectivity index (χ3n) is 4.64. The molecule has 2 aromatic carbocycles. The fraction of sp³-hybridized carbons (Fsp3) is 0.136. The summed E-state index contributed by atoms with van der Waals surface area (Å²) in [6.45, 7) is 2.14. The molecule has 0 unspecified atom stereocenters. The topological polar surface area (TPSA) is 66.5 Å². The number of nitrogens with one attached hydrogen (secondary N) is 1. The van der Waals surface area contributed by atoms with Gasteiger partial charge in [-0.3, -0.25) is 19.3 Å². The molecule has 0 saturated carbocycles. The number of nitrogens with zero attached hydrogens (tertiary/aromatic N) is 1. The zero-order valence-corrected chi connectivity index (χ0v) is 17.6. The fourth-order valence-electron chi connectivity index (χ4n) is 3.08. The Bertz CT molecular complexity index is 1110. The van der Waals surface area contributed by atoms with E-state index in [2.05, 4.69) is 5.32 Å². The quantitative estimate of drug-likeness (QED) is 0.584. The van der Waals surface area contributed by atoms with Gasteiger partial charge in [-0.1, -0.05) is 36.0 Å². The largest absolute Gasteiger partial charge is 0.321 e. The monoisotopic (exact) mass is 440 g/mol. The molecule has 152 valence electrons. The molecule has 1 saturated heterocycles. The molecule has 0 aliphatic carbocycles. The molecule has 1 aliphatic heterocycles. The lowest BCUT2D eigenvalue weighted by atomic mass is 10.1. The van der Waals surface area contributed by atoms with E-state index in [0.29, 0.717) is 10.6 Å². The van der Waals surface area contributed by atoms with E-state index in [9.17, 15) is 18.8 Å². The molecule has 1 N–H and O–H groups in total. The van der Waals surface area contributed by atoms with Crippen LogP contribution in [0.5, 0.6) is 0 Å². The average molecular weight is 441 g/mol. The van der Waals surface area contributed by atoms with Crippen LogP contribution in [-0.4, -0.2) is 27.7 Å². The maximum absolute atomic E-state index is 13.2. The Labute approximate surface area is 180 Å². The van der Waals surface area contributed by atoms with Crippen LogP contribution < -0.4 is 5.32 Å². The highest BCUT2D eigenvalue weighted by atomic mass is 32.2. The van der Waals surface area contributed by atoms with Crippen molar-refractivity contribution >= 4 is 45.8 Å². The van der Waals surface area contributed by atoms with E-state index in [1.165, 1.54) is 28.4 Å². The molecule has 1 aromatic heterocycles. The van der Waals surface area contributed by atoms with Gasteiger partial charge in [-0.05, 0) is 53.9 Å². The molecule has 3 amide bonds. The van der Waals surface area contributed by atoms with E-state index in [1.54, 1.807) is 36.4 Å². The molecule has 5 nitrogen and oxygen atoms in total. The summed E-state index contributed by atoms with van der Waals surface area (Å²) in [4.78, 5) is 38.8. The first-order valence-corrected chi connectivity index (χ1v) is 10.9. The van der Waals surface area contributed by atoms with Crippen LogP contribution in [0.2, 0.25) is 0 Å². The number of hydrogen-bond donors (Lipinski definition) is 1. The van der Waals surface area contributed by atoms with Crippen LogP contribution in [0.1, 0.15) is 20.8 Å². The molecular weight excluding hydrogens is 423 g/mol. The second-order valence-corrected chi connectivity index (χ2v) is 8.79. The molecule has 1 fully saturated rings. The number of hydrogen-bond acceptors (Lipinski definition) is 5. The molecule has 2 heterocycles. The molecule has 0 bridgehead atoms. The van der Waals surface area contributed by atoms with Gasteiger partial charge in [0.2, 0.25) is 5.91 Å². The summed E-state index contributed by atoms with van der Waals surface area (Å²) in [5, 5.41) is 2.62. The number of benzene rings is 2. The van der Waals surface area contributed by atoms with Gasteiger partial charge in [0.1, 0.15) is 5.82 Å². The number of halogens is 1. The van der Waals surface area contributed by atoms with Gasteiger partial charge < -0.3 is 5.32 Å². The zero-order chi connectivity index (χ0) is 21.3. The number of aryl methyl sites for hydroxylation is 1. The number of thioether (sulfide) groups is 1. The Morgan fingerprint density at radius 1 is 1.10 bits per heavy atom. The van der Waals surface area contributed by atoms with Crippen LogP contribution in [0.15, 0.2) is 54.6 Å². The lowest BCUT2D eigenvalue weighted by Crippen LogP contribution is -2.27. The number of imide groups is 1. The van der Waals surface area contributed by atoms with Crippen LogP contribution in [0.25, 0.3) is 10.4 Å². The van der Waals surface area contributed by atoms with Gasteiger partial charge in [0.25, 0.3) is 11.1 Å². The standard InChI is InChI=1S/C22H17FN2O3S2/c1-13-10-18(30-20(13)15-4-6-16(23)7-5-15)21(27)24-17-8-2-14(3-9-17)11-25-19(26)12-29-22(25)28/h2-10H,11-12H2,1H3,(H,24,27). The van der Waals surface area contributed by atoms with Crippen molar-refractivity contribution in [2.45, 2.75) is 13.5 Å². The Hall–Kier alpha value is -2.97. The van der Waals surface area contributed by atoms with Gasteiger partial charge in [-0.15, -0.1) is 11.3 Å². The normalized spacial score (nSPS) is 13.7. The van der Waals surface area contributed by atoms with Crippen LogP contribution in [0, 0.1) is 12.7 Å². The number of rotatable bonds is 5. The summed E-state index contributed by atoms with van der Waals surface area (Å²) in [6, 6.07) is 15.1. The zero-order valence-electron chi connectivity index (χ0n) is 16.0. The van der Waals surface area contributed by atoms with Gasteiger partial charge in [0, 0.05) is 10.6 Å². The number of thiophene rings is 1. The summed E-state index contributed by atoms with van der Waals surface area (Å²) < 4.78 is 13.2. The van der Waals surface area contributed by atoms with Gasteiger partial charge >= 0.3 is 0 Å². The van der Waals surface area contributed by atoms with E-state index in [-0.39, 0.29) is 35.2 Å². The minimum Gasteiger partial charge on any atom is -0.321 e. The predicted octanol–water partition coefficient (Wildman–Crippen LogP) is 5.31. The summed E-state index contributed by atoms with van der Waals surface area (Å²) >= 11 is 2.36. The Morgan fingerprint density at radius 3 is 2.43 bits per heavy atom. The summed E-state index contributed by atoms with van der Waals surface area (Å²) in [5.41, 5.74) is 3.24. The second-order valence-electron chi connectivity index (χ2n) is 6.82. The van der Waals surface area contributed by atoms with Crippen LogP contribution in [0.4, 0.5) is 14.9 Å². The van der Waals surface area contributed by atoms with Gasteiger partial charge in [0.05, 0.1) is 17.2 Å². The molecule has 4 rings (SSSR count). The Kier molecular flexibility index (Phi) is 5.69. The van der Waals surface area contributed by atoms with E-state index in [0.717, 1.165) is 33.3 Å². The summed E-state index contributed by atoms with van der Waals surface area (Å²) in [6.07, 6.45) is 0. The molecule has 8 heteroatoms. The minimum atomic E-state index is -0.299. The highest BCUT2D eigenvalue weighted by Gasteiger charge is 2.29. The molecule has 30 heavy (non-hydrogen) atoms. The lowest BCUT2D eigenvalue weighted by molar-refractivity contribution is -0.125. The van der Waals surface area contributed by atoms with Crippen molar-refractivity contribution in [3.05, 3.63) is 76.4 Å². The predicted molar refractivity (Wildman–Crippen MR) is 117 cm³/mol. The first-order chi connectivity index (χ1) is 14.4. The molecule has 0 radical (unpaired) electrons. The van der Waals surface area contributed by atoms with Crippen LogP contribution >= 0.6 is 23.1 Å². The minimum absolute atomic E-state index is 0.188. The smallest absolute Gasteiger partial charge is 0.289 e. The molecule has 0 spiro atoms. The third-order valence-corrected chi connectivity index (χ3v) is 6.78. The number of carbonyl (C=O) groups excluding carboxylic acids is 3. The van der Waals surface area contributed by atoms with E-state index in [1.807, 2.05) is 13.0 Å². The summed E-state index contributed by atoms with van der Waals surface area (Å²) in [7, 11) is 0. The number of carbonyl (C=O) groups is 3. The van der Waals surface area contributed by atoms with Crippen LogP contribution in [-0.2, 0) is 11.3 Å². The van der Waals surface area contributed by atoms with Crippen molar-refractivity contribution in [2.24, 2.45) is 0 Å². The maximum Gasteiger partial charge on any atom is 0.289 e. The van der Waals surface area contributed by atoms with Crippen molar-refractivity contribution in [3.8, 4) is 10.4 Å². The van der Waals surface area contributed by atoms with Gasteiger partial charge in [-0.25, -0.2) is 4.39 Å². The number of anilines is 1. The van der Waals surface area contributed by atoms with E-state index >= 15 is 0 Å². The van der Waals surface area contributed by atoms with E-state index in [4.69, 9.17) is 0 Å². The van der Waals surface area contributed by atoms with Gasteiger partial charge in [0.15, 0.2) is 0 Å². The maximum atomic E-state index is 13.2. The highest BCUT2D eigenvalue weighted by Crippen LogP contribution is 2.33. The highest BCUT2D eigenvalue weighted by molar-refractivity contribution is 8.14. The van der Waals surface area contributed by atoms with Crippen LogP contribution in [0.3, 0.4) is 0 Å². The van der Waals surface area contributed by atoms with Crippen molar-refractivity contribution in [1.29, 1.82) is 0 Å². The first kappa shape index (κ1) is 20.3. The van der Waals surface area contributed by atoms with Crippen molar-refractivity contribution in [3.63, 3.8) is 0 Å². The molecule has 0 atom stereocenters.